The minimum atomic E-state index is -0.659. The van der Waals surface area contributed by atoms with Crippen molar-refractivity contribution >= 4 is 28.4 Å². The van der Waals surface area contributed by atoms with Crippen molar-refractivity contribution in [1.29, 1.82) is 0 Å². The van der Waals surface area contributed by atoms with Crippen LogP contribution >= 0.6 is 0 Å². The summed E-state index contributed by atoms with van der Waals surface area (Å²) in [7, 11) is 3.92. The molecule has 5 N–H and O–H groups in total. The molecule has 0 atom stereocenters. The van der Waals surface area contributed by atoms with Gasteiger partial charge in [0, 0.05) is 12.1 Å². The van der Waals surface area contributed by atoms with Gasteiger partial charge in [0.15, 0.2) is 5.65 Å². The van der Waals surface area contributed by atoms with Gasteiger partial charge in [0.25, 0.3) is 5.91 Å². The normalized spacial score (nSPS) is 11.8. The molecule has 9 nitrogen and oxygen atoms in total. The maximum absolute atomic E-state index is 12.4. The van der Waals surface area contributed by atoms with Crippen molar-refractivity contribution in [3.63, 3.8) is 0 Å². The second kappa shape index (κ2) is 6.49. The van der Waals surface area contributed by atoms with Crippen LogP contribution in [0.4, 0.5) is 5.82 Å². The summed E-state index contributed by atoms with van der Waals surface area (Å²) in [5.74, 6) is -0.363. The molecule has 0 fully saturated rings. The van der Waals surface area contributed by atoms with Crippen LogP contribution in [-0.2, 0) is 6.54 Å². The van der Waals surface area contributed by atoms with Gasteiger partial charge in [-0.3, -0.25) is 13.8 Å². The van der Waals surface area contributed by atoms with Gasteiger partial charge in [-0.25, -0.2) is 9.97 Å². The number of nitrogen functional groups attached to an aromatic ring is 1. The molecule has 0 spiro atoms. The van der Waals surface area contributed by atoms with Crippen LogP contribution < -0.4 is 11.5 Å². The Kier molecular flexibility index (Phi) is 4.20. The minimum Gasteiger partial charge on any atom is -0.508 e. The zero-order valence-electron chi connectivity index (χ0n) is 16.8. The van der Waals surface area contributed by atoms with E-state index in [9.17, 15) is 9.90 Å². The Balaban J connectivity index is 2.15. The van der Waals surface area contributed by atoms with Crippen LogP contribution in [0, 0.1) is 13.8 Å². The first-order valence-electron chi connectivity index (χ1n) is 9.11. The van der Waals surface area contributed by atoms with Crippen molar-refractivity contribution < 1.29 is 9.90 Å². The van der Waals surface area contributed by atoms with Gasteiger partial charge in [0.05, 0.1) is 28.5 Å². The highest BCUT2D eigenvalue weighted by Crippen LogP contribution is 2.36. The number of primary amides is 1. The molecule has 1 aromatic carbocycles. The lowest BCUT2D eigenvalue weighted by Crippen LogP contribution is -2.14. The number of aromatic hydroxyl groups is 1. The second-order valence-electron chi connectivity index (χ2n) is 7.46. The Morgan fingerprint density at radius 1 is 1.21 bits per heavy atom. The molecule has 0 unspecified atom stereocenters. The summed E-state index contributed by atoms with van der Waals surface area (Å²) in [6.07, 6.45) is 3.41. The predicted octanol–water partition coefficient (Wildman–Crippen LogP) is 1.74. The minimum absolute atomic E-state index is 0.127. The number of aryl methyl sites for hydroxylation is 1. The summed E-state index contributed by atoms with van der Waals surface area (Å²) in [5.41, 5.74) is 16.4. The number of amides is 1. The maximum Gasteiger partial charge on any atom is 0.253 e. The average Bonchev–Trinajstić information content (AvgIpc) is 3.17. The molecule has 0 aliphatic carbocycles. The zero-order chi connectivity index (χ0) is 21.0. The van der Waals surface area contributed by atoms with E-state index < -0.39 is 5.91 Å². The number of nitrogens with two attached hydrogens (primary N) is 2. The van der Waals surface area contributed by atoms with Gasteiger partial charge < -0.3 is 21.5 Å². The lowest BCUT2D eigenvalue weighted by Gasteiger charge is -2.15. The molecule has 29 heavy (non-hydrogen) atoms. The van der Waals surface area contributed by atoms with Crippen molar-refractivity contribution in [2.75, 3.05) is 19.8 Å². The van der Waals surface area contributed by atoms with E-state index in [1.54, 1.807) is 36.1 Å². The molecule has 0 aliphatic heterocycles. The molecule has 1 amide bonds. The molecule has 0 saturated carbocycles. The number of aromatic nitrogens is 4. The van der Waals surface area contributed by atoms with Crippen LogP contribution in [0.25, 0.3) is 22.4 Å². The van der Waals surface area contributed by atoms with E-state index in [4.69, 9.17) is 11.5 Å². The SMILES string of the molecule is Cc1ccc(O)c(C)c1-n1c(N)c(C(N)=O)c2c1ncn1c(CN(C)C)cnc21. The predicted molar refractivity (Wildman–Crippen MR) is 111 cm³/mol. The lowest BCUT2D eigenvalue weighted by molar-refractivity contribution is 0.100. The van der Waals surface area contributed by atoms with E-state index in [2.05, 4.69) is 9.97 Å². The highest BCUT2D eigenvalue weighted by Gasteiger charge is 2.26. The molecule has 150 valence electrons. The molecular weight excluding hydrogens is 370 g/mol. The molecular formula is C20H23N7O2. The zero-order valence-corrected chi connectivity index (χ0v) is 16.8. The molecule has 4 aromatic rings. The molecule has 0 radical (unpaired) electrons. The summed E-state index contributed by atoms with van der Waals surface area (Å²) in [6, 6.07) is 3.41. The summed E-state index contributed by atoms with van der Waals surface area (Å²) >= 11 is 0. The van der Waals surface area contributed by atoms with Crippen molar-refractivity contribution in [2.45, 2.75) is 20.4 Å². The van der Waals surface area contributed by atoms with Gasteiger partial charge in [-0.1, -0.05) is 6.07 Å². The quantitative estimate of drug-likeness (QED) is 0.484. The summed E-state index contributed by atoms with van der Waals surface area (Å²) in [5, 5.41) is 10.7. The van der Waals surface area contributed by atoms with Crippen LogP contribution in [0.3, 0.4) is 0 Å². The van der Waals surface area contributed by atoms with Gasteiger partial charge in [-0.15, -0.1) is 0 Å². The highest BCUT2D eigenvalue weighted by atomic mass is 16.3. The number of fused-ring (bicyclic) bond motifs is 3. The van der Waals surface area contributed by atoms with Gasteiger partial charge in [-0.05, 0) is 39.6 Å². The van der Waals surface area contributed by atoms with E-state index in [0.717, 1.165) is 11.3 Å². The Labute approximate surface area is 167 Å². The molecule has 9 heteroatoms. The summed E-state index contributed by atoms with van der Waals surface area (Å²) in [6.45, 7) is 4.34. The number of anilines is 1. The third kappa shape index (κ3) is 2.70. The van der Waals surface area contributed by atoms with E-state index >= 15 is 0 Å². The van der Waals surface area contributed by atoms with Gasteiger partial charge in [-0.2, -0.15) is 0 Å². The summed E-state index contributed by atoms with van der Waals surface area (Å²) in [4.78, 5) is 23.5. The Morgan fingerprint density at radius 2 is 1.93 bits per heavy atom. The van der Waals surface area contributed by atoms with Crippen molar-refractivity contribution in [1.82, 2.24) is 23.8 Å². The molecule has 3 heterocycles. The standard InChI is InChI=1S/C20H23N7O2/c1-10-5-6-13(28)11(2)16(10)27-17(21)14(18(22)29)15-19-23-7-12(8-25(3)4)26(19)9-24-20(15)27/h5-7,9,28H,8,21H2,1-4H3,(H2,22,29). The van der Waals surface area contributed by atoms with E-state index in [0.29, 0.717) is 34.5 Å². The molecule has 0 aliphatic rings. The van der Waals surface area contributed by atoms with Crippen LogP contribution in [0.5, 0.6) is 5.75 Å². The van der Waals surface area contributed by atoms with Crippen molar-refractivity contribution in [2.24, 2.45) is 5.73 Å². The number of carbonyl (C=O) groups is 1. The largest absolute Gasteiger partial charge is 0.508 e. The Bertz CT molecular complexity index is 1280. The van der Waals surface area contributed by atoms with Crippen molar-refractivity contribution in [3.05, 3.63) is 47.0 Å². The Hall–Kier alpha value is -3.59. The third-order valence-corrected chi connectivity index (χ3v) is 5.13. The first kappa shape index (κ1) is 18.8. The molecule has 0 saturated heterocycles. The van der Waals surface area contributed by atoms with Crippen LogP contribution in [-0.4, -0.2) is 48.9 Å². The fraction of sp³-hybridized carbons (Fsp3) is 0.250. The number of carbonyl (C=O) groups excluding carboxylic acids is 1. The summed E-state index contributed by atoms with van der Waals surface area (Å²) < 4.78 is 3.50. The number of phenolic OH excluding ortho intramolecular Hbond substituents is 1. The van der Waals surface area contributed by atoms with Gasteiger partial charge in [0.2, 0.25) is 0 Å². The number of rotatable bonds is 4. The van der Waals surface area contributed by atoms with Crippen LogP contribution in [0.2, 0.25) is 0 Å². The van der Waals surface area contributed by atoms with E-state index in [1.165, 1.54) is 0 Å². The van der Waals surface area contributed by atoms with Crippen LogP contribution in [0.15, 0.2) is 24.7 Å². The first-order chi connectivity index (χ1) is 13.7. The topological polar surface area (TPSA) is 128 Å². The second-order valence-corrected chi connectivity index (χ2v) is 7.46. The fourth-order valence-corrected chi connectivity index (χ4v) is 3.82. The smallest absolute Gasteiger partial charge is 0.253 e. The van der Waals surface area contributed by atoms with Crippen molar-refractivity contribution in [3.8, 4) is 11.4 Å². The maximum atomic E-state index is 12.4. The number of benzene rings is 1. The number of hydrogen-bond acceptors (Lipinski definition) is 6. The fourth-order valence-electron chi connectivity index (χ4n) is 3.82. The van der Waals surface area contributed by atoms with Crippen LogP contribution in [0.1, 0.15) is 27.2 Å². The third-order valence-electron chi connectivity index (χ3n) is 5.13. The van der Waals surface area contributed by atoms with Gasteiger partial charge >= 0.3 is 0 Å². The number of hydrogen-bond donors (Lipinski definition) is 3. The monoisotopic (exact) mass is 393 g/mol. The molecule has 4 rings (SSSR count). The van der Waals surface area contributed by atoms with E-state index in [1.807, 2.05) is 30.3 Å². The number of phenols is 1. The number of imidazole rings is 1. The molecule has 3 aromatic heterocycles. The highest BCUT2D eigenvalue weighted by molar-refractivity contribution is 6.15. The van der Waals surface area contributed by atoms with E-state index in [-0.39, 0.29) is 17.1 Å². The number of nitrogens with zero attached hydrogens (tertiary/aromatic N) is 5. The lowest BCUT2D eigenvalue weighted by atomic mass is 10.1. The Morgan fingerprint density at radius 3 is 2.59 bits per heavy atom. The van der Waals surface area contributed by atoms with Gasteiger partial charge in [0.1, 0.15) is 23.5 Å². The average molecular weight is 393 g/mol. The molecule has 0 bridgehead atoms. The first-order valence-corrected chi connectivity index (χ1v) is 9.11.